The molecule has 0 aliphatic carbocycles. The Kier molecular flexibility index (Phi) is 4.87. The van der Waals surface area contributed by atoms with Gasteiger partial charge in [0.25, 0.3) is 11.6 Å². The van der Waals surface area contributed by atoms with Crippen LogP contribution in [0.4, 0.5) is 11.4 Å². The molecule has 0 bridgehead atoms. The van der Waals surface area contributed by atoms with E-state index in [0.29, 0.717) is 27.8 Å². The van der Waals surface area contributed by atoms with Crippen molar-refractivity contribution in [3.8, 4) is 11.3 Å². The molecule has 3 aromatic rings. The van der Waals surface area contributed by atoms with Gasteiger partial charge >= 0.3 is 0 Å². The number of benzene rings is 2. The van der Waals surface area contributed by atoms with Gasteiger partial charge in [-0.2, -0.15) is 0 Å². The Morgan fingerprint density at radius 1 is 1.10 bits per heavy atom. The highest BCUT2D eigenvalue weighted by atomic mass is 35.5. The van der Waals surface area contributed by atoms with E-state index in [1.165, 1.54) is 17.0 Å². The van der Waals surface area contributed by atoms with Crippen LogP contribution in [0.3, 0.4) is 0 Å². The molecular formula is C20H12ClN3O4S. The molecule has 0 spiro atoms. The molecule has 4 rings (SSSR count). The Labute approximate surface area is 175 Å². The number of nitro benzene ring substituents is 1. The second kappa shape index (κ2) is 7.50. The number of hydrogen-bond donors (Lipinski definition) is 1. The van der Waals surface area contributed by atoms with E-state index in [4.69, 9.17) is 28.2 Å². The van der Waals surface area contributed by atoms with Crippen LogP contribution in [-0.4, -0.2) is 15.9 Å². The smallest absolute Gasteiger partial charge is 0.281 e. The Balaban J connectivity index is 1.63. The summed E-state index contributed by atoms with van der Waals surface area (Å²) in [7, 11) is 0. The molecule has 1 aliphatic rings. The van der Waals surface area contributed by atoms with E-state index < -0.39 is 4.92 Å². The van der Waals surface area contributed by atoms with Gasteiger partial charge in [0.05, 0.1) is 16.2 Å². The fraction of sp³-hybridized carbons (Fsp3) is 0. The maximum Gasteiger partial charge on any atom is 0.281 e. The predicted octanol–water partition coefficient (Wildman–Crippen LogP) is 4.77. The van der Waals surface area contributed by atoms with E-state index in [1.54, 1.807) is 54.6 Å². The predicted molar refractivity (Wildman–Crippen MR) is 113 cm³/mol. The van der Waals surface area contributed by atoms with Crippen LogP contribution in [0.5, 0.6) is 0 Å². The number of anilines is 1. The first kappa shape index (κ1) is 18.9. The summed E-state index contributed by atoms with van der Waals surface area (Å²) in [6, 6.07) is 16.2. The minimum Gasteiger partial charge on any atom is -0.456 e. The van der Waals surface area contributed by atoms with E-state index in [0.717, 1.165) is 0 Å². The molecule has 144 valence electrons. The first-order chi connectivity index (χ1) is 13.9. The van der Waals surface area contributed by atoms with Crippen molar-refractivity contribution in [3.05, 3.63) is 87.3 Å². The summed E-state index contributed by atoms with van der Waals surface area (Å²) >= 11 is 11.2. The minimum absolute atomic E-state index is 0.0637. The molecule has 1 N–H and O–H groups in total. The van der Waals surface area contributed by atoms with Gasteiger partial charge in [-0.25, -0.2) is 0 Å². The lowest BCUT2D eigenvalue weighted by Crippen LogP contribution is -2.30. The van der Waals surface area contributed by atoms with Crippen LogP contribution in [0.1, 0.15) is 5.76 Å². The Hall–Kier alpha value is -3.49. The zero-order valence-corrected chi connectivity index (χ0v) is 16.2. The lowest BCUT2D eigenvalue weighted by molar-refractivity contribution is -0.384. The van der Waals surface area contributed by atoms with E-state index >= 15 is 0 Å². The number of halogens is 1. The number of thiocarbonyl (C=S) groups is 1. The summed E-state index contributed by atoms with van der Waals surface area (Å²) in [5.41, 5.74) is 1.10. The average molecular weight is 426 g/mol. The van der Waals surface area contributed by atoms with Gasteiger partial charge in [0.2, 0.25) is 0 Å². The van der Waals surface area contributed by atoms with Crippen LogP contribution in [-0.2, 0) is 4.79 Å². The molecule has 1 fully saturated rings. The Morgan fingerprint density at radius 2 is 1.83 bits per heavy atom. The maximum atomic E-state index is 12.8. The first-order valence-electron chi connectivity index (χ1n) is 8.40. The van der Waals surface area contributed by atoms with Gasteiger partial charge in [-0.15, -0.1) is 0 Å². The van der Waals surface area contributed by atoms with Crippen LogP contribution in [0, 0.1) is 10.1 Å². The molecule has 2 aromatic carbocycles. The summed E-state index contributed by atoms with van der Waals surface area (Å²) in [6.07, 6.45) is 1.50. The molecule has 9 heteroatoms. The van der Waals surface area contributed by atoms with E-state index in [9.17, 15) is 14.9 Å². The van der Waals surface area contributed by atoms with Gasteiger partial charge in [0.1, 0.15) is 17.2 Å². The number of carbonyl (C=O) groups excluding carboxylic acids is 1. The molecule has 1 aromatic heterocycles. The summed E-state index contributed by atoms with van der Waals surface area (Å²) in [4.78, 5) is 24.9. The molecule has 0 atom stereocenters. The average Bonchev–Trinajstić information content (AvgIpc) is 3.27. The Morgan fingerprint density at radius 3 is 2.55 bits per heavy atom. The van der Waals surface area contributed by atoms with Crippen molar-refractivity contribution in [2.75, 3.05) is 4.90 Å². The summed E-state index contributed by atoms with van der Waals surface area (Å²) in [5.74, 6) is 0.336. The largest absolute Gasteiger partial charge is 0.456 e. The molecule has 0 saturated carbocycles. The summed E-state index contributed by atoms with van der Waals surface area (Å²) < 4.78 is 5.71. The van der Waals surface area contributed by atoms with Gasteiger partial charge in [-0.3, -0.25) is 19.8 Å². The van der Waals surface area contributed by atoms with E-state index in [1.807, 2.05) is 0 Å². The van der Waals surface area contributed by atoms with Crippen LogP contribution in [0.25, 0.3) is 17.4 Å². The number of carbonyl (C=O) groups is 1. The maximum absolute atomic E-state index is 12.8. The van der Waals surface area contributed by atoms with Crippen molar-refractivity contribution in [1.29, 1.82) is 0 Å². The third-order valence-corrected chi connectivity index (χ3v) is 4.78. The van der Waals surface area contributed by atoms with Gasteiger partial charge in [0, 0.05) is 17.2 Å². The number of hydrogen-bond acceptors (Lipinski definition) is 5. The second-order valence-corrected chi connectivity index (χ2v) is 6.90. The van der Waals surface area contributed by atoms with Crippen molar-refractivity contribution in [3.63, 3.8) is 0 Å². The normalized spacial score (nSPS) is 15.1. The van der Waals surface area contributed by atoms with Crippen molar-refractivity contribution in [2.45, 2.75) is 0 Å². The number of nitro groups is 1. The zero-order chi connectivity index (χ0) is 20.5. The number of amides is 1. The van der Waals surface area contributed by atoms with E-state index in [2.05, 4.69) is 5.32 Å². The number of rotatable bonds is 4. The van der Waals surface area contributed by atoms with Gasteiger partial charge in [-0.05, 0) is 54.7 Å². The number of para-hydroxylation sites is 1. The zero-order valence-electron chi connectivity index (χ0n) is 14.7. The first-order valence-corrected chi connectivity index (χ1v) is 9.19. The van der Waals surface area contributed by atoms with Crippen molar-refractivity contribution < 1.29 is 14.1 Å². The van der Waals surface area contributed by atoms with Crippen molar-refractivity contribution in [1.82, 2.24) is 5.32 Å². The second-order valence-electron chi connectivity index (χ2n) is 6.08. The summed E-state index contributed by atoms with van der Waals surface area (Å²) in [6.45, 7) is 0. The highest BCUT2D eigenvalue weighted by Crippen LogP contribution is 2.32. The monoisotopic (exact) mass is 425 g/mol. The molecule has 1 aliphatic heterocycles. The van der Waals surface area contributed by atoms with Gasteiger partial charge < -0.3 is 9.73 Å². The van der Waals surface area contributed by atoms with Crippen LogP contribution in [0.15, 0.2) is 70.8 Å². The molecule has 0 unspecified atom stereocenters. The molecule has 1 saturated heterocycles. The summed E-state index contributed by atoms with van der Waals surface area (Å²) in [5, 5.41) is 14.9. The third-order valence-electron chi connectivity index (χ3n) is 4.24. The minimum atomic E-state index is -0.472. The number of nitrogens with zero attached hydrogens (tertiary/aromatic N) is 2. The topological polar surface area (TPSA) is 88.6 Å². The molecule has 1 amide bonds. The molecule has 2 heterocycles. The lowest BCUT2D eigenvalue weighted by Gasteiger charge is -2.13. The number of nitrogens with one attached hydrogen (secondary N) is 1. The molecule has 7 nitrogen and oxygen atoms in total. The fourth-order valence-electron chi connectivity index (χ4n) is 2.92. The SMILES string of the molecule is O=C1C(=Cc2ccc(-c3ccccc3[N+](=O)[O-])o2)NC(=S)N1c1ccc(Cl)cc1. The van der Waals surface area contributed by atoms with Crippen LogP contribution in [0.2, 0.25) is 5.02 Å². The van der Waals surface area contributed by atoms with Crippen molar-refractivity contribution >= 4 is 52.3 Å². The molecule has 29 heavy (non-hydrogen) atoms. The van der Waals surface area contributed by atoms with Crippen LogP contribution < -0.4 is 10.2 Å². The highest BCUT2D eigenvalue weighted by Gasteiger charge is 2.32. The van der Waals surface area contributed by atoms with E-state index in [-0.39, 0.29) is 22.4 Å². The lowest BCUT2D eigenvalue weighted by atomic mass is 10.1. The molecular weight excluding hydrogens is 414 g/mol. The standard InChI is InChI=1S/C20H12ClN3O4S/c21-12-5-7-13(8-6-12)23-19(25)16(22-20(23)29)11-14-9-10-18(28-14)15-3-1-2-4-17(15)24(26)27/h1-11H,(H,22,29). The Bertz CT molecular complexity index is 1170. The van der Waals surface area contributed by atoms with Gasteiger partial charge in [0.15, 0.2) is 5.11 Å². The highest BCUT2D eigenvalue weighted by molar-refractivity contribution is 7.80. The van der Waals surface area contributed by atoms with Gasteiger partial charge in [-0.1, -0.05) is 23.7 Å². The molecule has 0 radical (unpaired) electrons. The quantitative estimate of drug-likeness (QED) is 0.280. The van der Waals surface area contributed by atoms with Crippen molar-refractivity contribution in [2.24, 2.45) is 0 Å². The fourth-order valence-corrected chi connectivity index (χ4v) is 3.34. The van der Waals surface area contributed by atoms with Crippen LogP contribution >= 0.6 is 23.8 Å². The number of furan rings is 1. The third kappa shape index (κ3) is 3.63.